The maximum Gasteiger partial charge on any atom is 0.313 e. The van der Waals surface area contributed by atoms with Gasteiger partial charge in [0.2, 0.25) is 17.7 Å². The molecule has 2 aromatic carbocycles. The summed E-state index contributed by atoms with van der Waals surface area (Å²) in [6, 6.07) is 16.9. The fourth-order valence-electron chi connectivity index (χ4n) is 7.67. The predicted molar refractivity (Wildman–Crippen MR) is 182 cm³/mol. The zero-order chi connectivity index (χ0) is 35.0. The molecule has 3 amide bonds. The number of benzene rings is 2. The van der Waals surface area contributed by atoms with Gasteiger partial charge in [-0.15, -0.1) is 13.2 Å². The summed E-state index contributed by atoms with van der Waals surface area (Å²) in [6.45, 7) is 8.12. The van der Waals surface area contributed by atoms with Crippen molar-refractivity contribution < 1.29 is 38.5 Å². The summed E-state index contributed by atoms with van der Waals surface area (Å²) in [4.78, 5) is 59.2. The Bertz CT molecular complexity index is 1490. The Morgan fingerprint density at radius 3 is 2.49 bits per heavy atom. The lowest BCUT2D eigenvalue weighted by atomic mass is 9.70. The highest BCUT2D eigenvalue weighted by atomic mass is 16.6. The van der Waals surface area contributed by atoms with E-state index in [0.717, 1.165) is 5.56 Å². The van der Waals surface area contributed by atoms with Crippen LogP contribution in [0.5, 0.6) is 0 Å². The molecular weight excluding hydrogens is 626 g/mol. The monoisotopic (exact) mass is 673 g/mol. The molecular formula is C38H47N3O8. The fourth-order valence-corrected chi connectivity index (χ4v) is 7.67. The summed E-state index contributed by atoms with van der Waals surface area (Å²) in [5, 5.41) is 12.7. The van der Waals surface area contributed by atoms with E-state index in [4.69, 9.17) is 14.2 Å². The van der Waals surface area contributed by atoms with E-state index in [1.807, 2.05) is 60.7 Å². The molecule has 49 heavy (non-hydrogen) atoms. The number of aliphatic hydroxyl groups excluding tert-OH is 1. The Hall–Kier alpha value is -4.32. The Kier molecular flexibility index (Phi) is 12.0. The number of nitrogens with zero attached hydrogens (tertiary/aromatic N) is 2. The summed E-state index contributed by atoms with van der Waals surface area (Å²) in [5.41, 5.74) is 0.337. The van der Waals surface area contributed by atoms with Crippen molar-refractivity contribution in [1.29, 1.82) is 0 Å². The normalized spacial score (nSPS) is 24.9. The summed E-state index contributed by atoms with van der Waals surface area (Å²) >= 11 is 0. The van der Waals surface area contributed by atoms with Crippen LogP contribution in [-0.2, 0) is 39.9 Å². The minimum Gasteiger partial charge on any atom is -0.455 e. The molecule has 7 atom stereocenters. The molecule has 262 valence electrons. The number of esters is 1. The van der Waals surface area contributed by atoms with Crippen LogP contribution < -0.4 is 5.32 Å². The number of methoxy groups -OCH3 is 1. The van der Waals surface area contributed by atoms with Crippen molar-refractivity contribution in [2.24, 2.45) is 11.8 Å². The fraction of sp³-hybridized carbons (Fsp3) is 0.474. The largest absolute Gasteiger partial charge is 0.455 e. The third-order valence-electron chi connectivity index (χ3n) is 9.75. The minimum absolute atomic E-state index is 0.0651. The summed E-state index contributed by atoms with van der Waals surface area (Å²) < 4.78 is 18.3. The molecule has 3 heterocycles. The Morgan fingerprint density at radius 1 is 1.12 bits per heavy atom. The molecule has 11 nitrogen and oxygen atoms in total. The molecule has 3 fully saturated rings. The predicted octanol–water partition coefficient (Wildman–Crippen LogP) is 3.34. The number of hydrogen-bond acceptors (Lipinski definition) is 8. The lowest BCUT2D eigenvalue weighted by molar-refractivity contribution is -0.163. The van der Waals surface area contributed by atoms with E-state index in [1.165, 1.54) is 12.0 Å². The summed E-state index contributed by atoms with van der Waals surface area (Å²) in [5.74, 6) is -3.46. The number of aliphatic hydroxyl groups is 1. The van der Waals surface area contributed by atoms with Crippen LogP contribution in [0.3, 0.4) is 0 Å². The third kappa shape index (κ3) is 7.49. The molecule has 3 saturated heterocycles. The zero-order valence-electron chi connectivity index (χ0n) is 28.1. The van der Waals surface area contributed by atoms with Gasteiger partial charge >= 0.3 is 5.97 Å². The quantitative estimate of drug-likeness (QED) is 0.182. The van der Waals surface area contributed by atoms with Gasteiger partial charge in [-0.2, -0.15) is 0 Å². The number of allylic oxidation sites excluding steroid dienone is 1. The molecule has 0 radical (unpaired) electrons. The van der Waals surface area contributed by atoms with Crippen molar-refractivity contribution >= 4 is 23.7 Å². The molecule has 3 aliphatic rings. The van der Waals surface area contributed by atoms with Crippen molar-refractivity contribution in [3.63, 3.8) is 0 Å². The molecule has 0 aliphatic carbocycles. The number of likely N-dealkylation sites (tertiary alicyclic amines) is 1. The lowest BCUT2D eigenvalue weighted by Gasteiger charge is -2.37. The van der Waals surface area contributed by atoms with Crippen LogP contribution in [0.4, 0.5) is 0 Å². The van der Waals surface area contributed by atoms with E-state index in [0.29, 0.717) is 31.4 Å². The van der Waals surface area contributed by atoms with Crippen molar-refractivity contribution in [3.8, 4) is 0 Å². The molecule has 0 saturated carbocycles. The number of ether oxygens (including phenoxy) is 3. The van der Waals surface area contributed by atoms with Crippen LogP contribution in [0.2, 0.25) is 0 Å². The van der Waals surface area contributed by atoms with Crippen LogP contribution in [0.15, 0.2) is 86.0 Å². The van der Waals surface area contributed by atoms with E-state index < -0.39 is 47.7 Å². The maximum atomic E-state index is 14.5. The molecule has 2 aromatic rings. The van der Waals surface area contributed by atoms with Gasteiger partial charge in [-0.25, -0.2) is 0 Å². The van der Waals surface area contributed by atoms with Crippen LogP contribution in [0.1, 0.15) is 49.3 Å². The van der Waals surface area contributed by atoms with Gasteiger partial charge in [0.05, 0.1) is 30.6 Å². The molecule has 5 rings (SSSR count). The number of fused-ring (bicyclic) bond motifs is 1. The number of carbonyl (C=O) groups is 4. The standard InChI is InChI=1S/C38H47N3O8/c1-4-6-18-30(43)39-28(25-47-3)33(27-16-11-8-12-17-27)48-37(46)31-29-19-20-38(49-29)32(31)35(44)41(22-13-23-42)34(38)36(45)40(21-5-2)24-26-14-9-7-10-15-26/h4-5,7-12,14-17,28-29,31-34,42H,1-2,6,13,18-25H2,3H3,(H,39,43)/t28-,29+,31-,32-,33-,34+,38-/m0/s1. The average molecular weight is 674 g/mol. The second-order valence-corrected chi connectivity index (χ2v) is 12.9. The van der Waals surface area contributed by atoms with Crippen molar-refractivity contribution in [3.05, 3.63) is 97.1 Å². The van der Waals surface area contributed by atoms with Gasteiger partial charge < -0.3 is 34.4 Å². The number of amides is 3. The van der Waals surface area contributed by atoms with E-state index in [1.54, 1.807) is 17.1 Å². The van der Waals surface area contributed by atoms with E-state index in [2.05, 4.69) is 18.5 Å². The Balaban J connectivity index is 1.46. The summed E-state index contributed by atoms with van der Waals surface area (Å²) in [7, 11) is 1.50. The first kappa shape index (κ1) is 36.0. The first-order chi connectivity index (χ1) is 23.8. The van der Waals surface area contributed by atoms with Gasteiger partial charge in [0, 0.05) is 39.8 Å². The van der Waals surface area contributed by atoms with Gasteiger partial charge in [-0.05, 0) is 36.8 Å². The molecule has 2 bridgehead atoms. The van der Waals surface area contributed by atoms with Crippen LogP contribution in [-0.4, -0.2) is 95.8 Å². The first-order valence-electron chi connectivity index (χ1n) is 17.0. The molecule has 1 spiro atoms. The van der Waals surface area contributed by atoms with Crippen LogP contribution in [0.25, 0.3) is 0 Å². The van der Waals surface area contributed by atoms with E-state index in [-0.39, 0.29) is 56.9 Å². The highest BCUT2D eigenvalue weighted by molar-refractivity contribution is 5.98. The van der Waals surface area contributed by atoms with Crippen LogP contribution >= 0.6 is 0 Å². The first-order valence-corrected chi connectivity index (χ1v) is 17.0. The Labute approximate surface area is 287 Å². The second kappa shape index (κ2) is 16.4. The SMILES string of the molecule is C=CCCC(=O)N[C@@H](COC)[C@@H](OC(=O)[C@@H]1[C@H]2C(=O)N(CCCO)[C@H](C(=O)N(CC=C)Cc3ccccc3)[C@]23CC[C@H]1O3)c1ccccc1. The van der Waals surface area contributed by atoms with Crippen molar-refractivity contribution in [1.82, 2.24) is 15.1 Å². The zero-order valence-corrected chi connectivity index (χ0v) is 28.1. The van der Waals surface area contributed by atoms with Gasteiger partial charge in [0.25, 0.3) is 0 Å². The molecule has 3 aliphatic heterocycles. The topological polar surface area (TPSA) is 135 Å². The van der Waals surface area contributed by atoms with Crippen molar-refractivity contribution in [2.75, 3.05) is 33.4 Å². The number of carbonyl (C=O) groups excluding carboxylic acids is 4. The molecule has 2 N–H and O–H groups in total. The Morgan fingerprint density at radius 2 is 1.84 bits per heavy atom. The number of rotatable bonds is 18. The van der Waals surface area contributed by atoms with Gasteiger partial charge in [-0.1, -0.05) is 72.8 Å². The van der Waals surface area contributed by atoms with E-state index in [9.17, 15) is 24.3 Å². The minimum atomic E-state index is -1.23. The lowest BCUT2D eigenvalue weighted by Crippen LogP contribution is -2.56. The summed E-state index contributed by atoms with van der Waals surface area (Å²) in [6.07, 6.45) is 3.60. The van der Waals surface area contributed by atoms with Gasteiger partial charge in [0.1, 0.15) is 17.7 Å². The smallest absolute Gasteiger partial charge is 0.313 e. The van der Waals surface area contributed by atoms with Gasteiger partial charge in [-0.3, -0.25) is 19.2 Å². The molecule has 0 unspecified atom stereocenters. The van der Waals surface area contributed by atoms with Gasteiger partial charge in [0.15, 0.2) is 0 Å². The number of nitrogens with one attached hydrogen (secondary N) is 1. The third-order valence-corrected chi connectivity index (χ3v) is 9.75. The highest BCUT2D eigenvalue weighted by Gasteiger charge is 2.75. The molecule has 0 aromatic heterocycles. The second-order valence-electron chi connectivity index (χ2n) is 12.9. The number of hydrogen-bond donors (Lipinski definition) is 2. The average Bonchev–Trinajstić information content (AvgIpc) is 3.76. The molecule has 11 heteroatoms. The van der Waals surface area contributed by atoms with Crippen LogP contribution in [0, 0.1) is 11.8 Å². The van der Waals surface area contributed by atoms with E-state index >= 15 is 0 Å². The maximum absolute atomic E-state index is 14.5. The highest BCUT2D eigenvalue weighted by Crippen LogP contribution is 2.59. The van der Waals surface area contributed by atoms with Crippen molar-refractivity contribution in [2.45, 2.75) is 68.5 Å².